The van der Waals surface area contributed by atoms with Gasteiger partial charge >= 0.3 is 0 Å². The molecule has 0 radical (unpaired) electrons. The molecular weight excluding hydrogens is 210 g/mol. The van der Waals surface area contributed by atoms with Gasteiger partial charge in [0.2, 0.25) is 0 Å². The molecule has 1 saturated carbocycles. The van der Waals surface area contributed by atoms with Crippen molar-refractivity contribution in [1.82, 2.24) is 10.2 Å². The van der Waals surface area contributed by atoms with E-state index in [0.717, 1.165) is 12.4 Å². The maximum Gasteiger partial charge on any atom is 0.151 e. The average Bonchev–Trinajstić information content (AvgIpc) is 2.20. The number of nitrogens with zero attached hydrogens (tertiary/aromatic N) is 2. The highest BCUT2D eigenvalue weighted by molar-refractivity contribution is 6.29. The second kappa shape index (κ2) is 4.35. The van der Waals surface area contributed by atoms with Crippen LogP contribution in [-0.4, -0.2) is 16.7 Å². The van der Waals surface area contributed by atoms with Crippen molar-refractivity contribution in [2.24, 2.45) is 5.41 Å². The standard InChI is InChI=1S/C11H16ClN3/c1-2-11(6-3-7-11)8-13-10-5-4-9(12)14-15-10/h4-5H,2-3,6-8H2,1H3,(H,13,15). The zero-order valence-electron chi connectivity index (χ0n) is 8.96. The molecule has 0 amide bonds. The molecule has 15 heavy (non-hydrogen) atoms. The van der Waals surface area contributed by atoms with Gasteiger partial charge in [0.25, 0.3) is 0 Å². The molecule has 1 aromatic rings. The average molecular weight is 226 g/mol. The van der Waals surface area contributed by atoms with Crippen LogP contribution < -0.4 is 5.32 Å². The fourth-order valence-electron chi connectivity index (χ4n) is 2.02. The Balaban J connectivity index is 1.90. The molecule has 0 saturated heterocycles. The molecule has 0 bridgehead atoms. The first kappa shape index (κ1) is 10.7. The third-order valence-corrected chi connectivity index (χ3v) is 3.64. The van der Waals surface area contributed by atoms with Gasteiger partial charge in [0, 0.05) is 6.54 Å². The lowest BCUT2D eigenvalue weighted by atomic mass is 9.67. The first-order chi connectivity index (χ1) is 7.24. The molecule has 0 aliphatic heterocycles. The molecule has 1 fully saturated rings. The van der Waals surface area contributed by atoms with E-state index in [2.05, 4.69) is 22.4 Å². The first-order valence-electron chi connectivity index (χ1n) is 5.47. The Morgan fingerprint density at radius 1 is 1.40 bits per heavy atom. The summed E-state index contributed by atoms with van der Waals surface area (Å²) < 4.78 is 0. The Morgan fingerprint density at radius 3 is 2.67 bits per heavy atom. The summed E-state index contributed by atoms with van der Waals surface area (Å²) in [6.07, 6.45) is 5.26. The molecule has 0 unspecified atom stereocenters. The third kappa shape index (κ3) is 2.40. The maximum absolute atomic E-state index is 5.67. The number of nitrogens with one attached hydrogen (secondary N) is 1. The lowest BCUT2D eigenvalue weighted by Gasteiger charge is -2.41. The Morgan fingerprint density at radius 2 is 2.20 bits per heavy atom. The van der Waals surface area contributed by atoms with Crippen LogP contribution in [0.4, 0.5) is 5.82 Å². The lowest BCUT2D eigenvalue weighted by Crippen LogP contribution is -2.36. The van der Waals surface area contributed by atoms with Crippen LogP contribution in [0.25, 0.3) is 0 Å². The van der Waals surface area contributed by atoms with Crippen molar-refractivity contribution in [3.63, 3.8) is 0 Å². The molecule has 82 valence electrons. The van der Waals surface area contributed by atoms with Crippen molar-refractivity contribution in [2.45, 2.75) is 32.6 Å². The number of hydrogen-bond donors (Lipinski definition) is 1. The zero-order valence-corrected chi connectivity index (χ0v) is 9.72. The first-order valence-corrected chi connectivity index (χ1v) is 5.85. The SMILES string of the molecule is CCC1(CNc2ccc(Cl)nn2)CCC1. The van der Waals surface area contributed by atoms with E-state index < -0.39 is 0 Å². The molecule has 0 spiro atoms. The van der Waals surface area contributed by atoms with Crippen LogP contribution in [0, 0.1) is 5.41 Å². The van der Waals surface area contributed by atoms with Gasteiger partial charge in [-0.05, 0) is 36.8 Å². The monoisotopic (exact) mass is 225 g/mol. The quantitative estimate of drug-likeness (QED) is 0.856. The van der Waals surface area contributed by atoms with Crippen LogP contribution in [0.2, 0.25) is 5.15 Å². The smallest absolute Gasteiger partial charge is 0.151 e. The van der Waals surface area contributed by atoms with Gasteiger partial charge in [0.1, 0.15) is 5.82 Å². The van der Waals surface area contributed by atoms with Crippen LogP contribution >= 0.6 is 11.6 Å². The number of aromatic nitrogens is 2. The van der Waals surface area contributed by atoms with Gasteiger partial charge in [-0.1, -0.05) is 24.9 Å². The van der Waals surface area contributed by atoms with Crippen molar-refractivity contribution in [1.29, 1.82) is 0 Å². The normalized spacial score (nSPS) is 18.3. The van der Waals surface area contributed by atoms with Gasteiger partial charge in [-0.2, -0.15) is 0 Å². The molecular formula is C11H16ClN3. The summed E-state index contributed by atoms with van der Waals surface area (Å²) in [6, 6.07) is 3.63. The predicted molar refractivity (Wildman–Crippen MR) is 62.1 cm³/mol. The largest absolute Gasteiger partial charge is 0.368 e. The molecule has 2 rings (SSSR count). The highest BCUT2D eigenvalue weighted by Gasteiger charge is 2.34. The highest BCUT2D eigenvalue weighted by Crippen LogP contribution is 2.43. The zero-order chi connectivity index (χ0) is 10.7. The van der Waals surface area contributed by atoms with Crippen LogP contribution in [-0.2, 0) is 0 Å². The van der Waals surface area contributed by atoms with Gasteiger partial charge in [-0.15, -0.1) is 10.2 Å². The van der Waals surface area contributed by atoms with E-state index in [1.807, 2.05) is 6.07 Å². The minimum Gasteiger partial charge on any atom is -0.368 e. The summed E-state index contributed by atoms with van der Waals surface area (Å²) in [4.78, 5) is 0. The number of hydrogen-bond acceptors (Lipinski definition) is 3. The second-order valence-electron chi connectivity index (χ2n) is 4.30. The number of halogens is 1. The second-order valence-corrected chi connectivity index (χ2v) is 4.69. The van der Waals surface area contributed by atoms with E-state index in [0.29, 0.717) is 10.6 Å². The van der Waals surface area contributed by atoms with Crippen LogP contribution in [0.3, 0.4) is 0 Å². The predicted octanol–water partition coefficient (Wildman–Crippen LogP) is 3.12. The molecule has 0 atom stereocenters. The molecule has 1 heterocycles. The Bertz CT molecular complexity index is 314. The fourth-order valence-corrected chi connectivity index (χ4v) is 2.12. The maximum atomic E-state index is 5.67. The van der Waals surface area contributed by atoms with E-state index in [4.69, 9.17) is 11.6 Å². The molecule has 0 aromatic carbocycles. The molecule has 1 aliphatic rings. The van der Waals surface area contributed by atoms with Crippen molar-refractivity contribution in [2.75, 3.05) is 11.9 Å². The molecule has 1 aliphatic carbocycles. The summed E-state index contributed by atoms with van der Waals surface area (Å²) in [6.45, 7) is 3.26. The minimum absolute atomic E-state index is 0.439. The molecule has 4 heteroatoms. The van der Waals surface area contributed by atoms with Crippen molar-refractivity contribution < 1.29 is 0 Å². The Hall–Kier alpha value is -0.830. The van der Waals surface area contributed by atoms with Crippen LogP contribution in [0.1, 0.15) is 32.6 Å². The fraction of sp³-hybridized carbons (Fsp3) is 0.636. The Kier molecular flexibility index (Phi) is 3.10. The summed E-state index contributed by atoms with van der Waals surface area (Å²) in [7, 11) is 0. The summed E-state index contributed by atoms with van der Waals surface area (Å²) in [5.41, 5.74) is 0.501. The molecule has 1 aromatic heterocycles. The summed E-state index contributed by atoms with van der Waals surface area (Å²) in [5, 5.41) is 11.6. The van der Waals surface area contributed by atoms with Crippen molar-refractivity contribution in [3.8, 4) is 0 Å². The van der Waals surface area contributed by atoms with E-state index in [1.165, 1.54) is 25.7 Å². The number of rotatable bonds is 4. The summed E-state index contributed by atoms with van der Waals surface area (Å²) in [5.74, 6) is 0.819. The molecule has 1 N–H and O–H groups in total. The Labute approximate surface area is 95.2 Å². The van der Waals surface area contributed by atoms with Gasteiger partial charge < -0.3 is 5.32 Å². The van der Waals surface area contributed by atoms with E-state index in [-0.39, 0.29) is 0 Å². The van der Waals surface area contributed by atoms with Crippen LogP contribution in [0.5, 0.6) is 0 Å². The van der Waals surface area contributed by atoms with Gasteiger partial charge in [0.15, 0.2) is 5.15 Å². The minimum atomic E-state index is 0.439. The summed E-state index contributed by atoms with van der Waals surface area (Å²) >= 11 is 5.67. The van der Waals surface area contributed by atoms with Gasteiger partial charge in [-0.3, -0.25) is 0 Å². The van der Waals surface area contributed by atoms with E-state index in [9.17, 15) is 0 Å². The highest BCUT2D eigenvalue weighted by atomic mass is 35.5. The molecule has 3 nitrogen and oxygen atoms in total. The van der Waals surface area contributed by atoms with Gasteiger partial charge in [-0.25, -0.2) is 0 Å². The van der Waals surface area contributed by atoms with Crippen molar-refractivity contribution in [3.05, 3.63) is 17.3 Å². The number of anilines is 1. The van der Waals surface area contributed by atoms with Gasteiger partial charge in [0.05, 0.1) is 0 Å². The topological polar surface area (TPSA) is 37.8 Å². The van der Waals surface area contributed by atoms with E-state index >= 15 is 0 Å². The van der Waals surface area contributed by atoms with Crippen molar-refractivity contribution >= 4 is 17.4 Å². The van der Waals surface area contributed by atoms with E-state index in [1.54, 1.807) is 6.07 Å². The third-order valence-electron chi connectivity index (χ3n) is 3.44. The lowest BCUT2D eigenvalue weighted by molar-refractivity contribution is 0.145. The van der Waals surface area contributed by atoms with Crippen LogP contribution in [0.15, 0.2) is 12.1 Å².